The van der Waals surface area contributed by atoms with Crippen molar-refractivity contribution >= 4 is 0 Å². The van der Waals surface area contributed by atoms with E-state index in [2.05, 4.69) is 24.3 Å². The lowest BCUT2D eigenvalue weighted by Gasteiger charge is -2.22. The molecule has 1 heterocycles. The Labute approximate surface area is 220 Å². The summed E-state index contributed by atoms with van der Waals surface area (Å²) < 4.78 is 36.3. The zero-order valence-corrected chi connectivity index (χ0v) is 21.9. The molecule has 6 nitrogen and oxygen atoms in total. The van der Waals surface area contributed by atoms with Gasteiger partial charge in [0.15, 0.2) is 0 Å². The van der Waals surface area contributed by atoms with Crippen molar-refractivity contribution in [2.24, 2.45) is 0 Å². The van der Waals surface area contributed by atoms with Crippen molar-refractivity contribution in [2.75, 3.05) is 40.6 Å². The van der Waals surface area contributed by atoms with Crippen LogP contribution in [-0.2, 0) is 32.2 Å². The molecule has 0 saturated heterocycles. The lowest BCUT2D eigenvalue weighted by Crippen LogP contribution is -2.15. The molecule has 0 radical (unpaired) electrons. The Bertz CT molecular complexity index is 977. The topological polar surface area (TPSA) is 55.4 Å². The summed E-state index contributed by atoms with van der Waals surface area (Å²) in [6, 6.07) is 24.4. The number of fused-ring (bicyclic) bond motifs is 2. The van der Waals surface area contributed by atoms with Crippen molar-refractivity contribution in [3.05, 3.63) is 95.1 Å². The number of ether oxygens (including phenoxy) is 6. The average molecular weight is 507 g/mol. The van der Waals surface area contributed by atoms with Gasteiger partial charge in [0.2, 0.25) is 0 Å². The quantitative estimate of drug-likeness (QED) is 0.406. The van der Waals surface area contributed by atoms with Crippen LogP contribution in [0.25, 0.3) is 0 Å². The molecule has 1 aliphatic heterocycles. The molecular weight excluding hydrogens is 468 g/mol. The first-order valence-corrected chi connectivity index (χ1v) is 13.0. The molecule has 0 spiro atoms. The summed E-state index contributed by atoms with van der Waals surface area (Å²) in [6.45, 7) is 2.96. The third-order valence-electron chi connectivity index (χ3n) is 6.48. The summed E-state index contributed by atoms with van der Waals surface area (Å²) in [5.41, 5.74) is 4.03. The van der Waals surface area contributed by atoms with Crippen LogP contribution in [0.5, 0.6) is 11.5 Å². The highest BCUT2D eigenvalue weighted by Gasteiger charge is 2.18. The molecule has 0 aromatic heterocycles. The number of hydrogen-bond donors (Lipinski definition) is 0. The third-order valence-corrected chi connectivity index (χ3v) is 6.48. The van der Waals surface area contributed by atoms with Gasteiger partial charge in [-0.2, -0.15) is 0 Å². The molecule has 3 aromatic carbocycles. The summed E-state index contributed by atoms with van der Waals surface area (Å²) in [7, 11) is 3.33. The predicted molar refractivity (Wildman–Crippen MR) is 143 cm³/mol. The SMILES string of the molecule is COc1cc2c(OC)c(c1)COC[C@H](c1ccccc1)OCCCCCO[C@@H](c1ccccc1)COC2. The third kappa shape index (κ3) is 8.04. The second-order valence-electron chi connectivity index (χ2n) is 9.11. The van der Waals surface area contributed by atoms with Gasteiger partial charge in [-0.3, -0.25) is 0 Å². The van der Waals surface area contributed by atoms with Gasteiger partial charge in [-0.1, -0.05) is 60.7 Å². The van der Waals surface area contributed by atoms with Crippen LogP contribution in [0.15, 0.2) is 72.8 Å². The smallest absolute Gasteiger partial charge is 0.130 e. The van der Waals surface area contributed by atoms with Crippen LogP contribution in [0.1, 0.15) is 53.7 Å². The van der Waals surface area contributed by atoms with Crippen molar-refractivity contribution in [3.8, 4) is 11.5 Å². The van der Waals surface area contributed by atoms with E-state index in [-0.39, 0.29) is 12.2 Å². The maximum atomic E-state index is 6.28. The van der Waals surface area contributed by atoms with Gasteiger partial charge in [0.05, 0.1) is 40.6 Å². The standard InChI is InChI=1S/C31H38O6/c1-32-28-18-26-20-34-22-29(24-12-6-3-7-13-24)36-16-10-5-11-17-37-30(25-14-8-4-9-15-25)23-35-21-27(19-28)31(26)33-2/h3-4,6-9,12-15,18-19,29-30H,5,10-11,16-17,20-23H2,1-2H3/t29-,30-/m1/s1. The predicted octanol–water partition coefficient (Wildman–Crippen LogP) is 6.44. The molecule has 2 bridgehead atoms. The van der Waals surface area contributed by atoms with Crippen LogP contribution in [0, 0.1) is 0 Å². The Balaban J connectivity index is 1.55. The number of benzene rings is 3. The Morgan fingerprint density at radius 1 is 0.622 bits per heavy atom. The van der Waals surface area contributed by atoms with Crippen LogP contribution in [-0.4, -0.2) is 40.6 Å². The van der Waals surface area contributed by atoms with Crippen molar-refractivity contribution in [1.29, 1.82) is 0 Å². The minimum atomic E-state index is -0.141. The van der Waals surface area contributed by atoms with Crippen molar-refractivity contribution in [3.63, 3.8) is 0 Å². The van der Waals surface area contributed by atoms with Crippen LogP contribution >= 0.6 is 0 Å². The highest BCUT2D eigenvalue weighted by Crippen LogP contribution is 2.32. The van der Waals surface area contributed by atoms with E-state index in [1.165, 1.54) is 0 Å². The summed E-state index contributed by atoms with van der Waals surface area (Å²) in [6.07, 6.45) is 2.68. The Morgan fingerprint density at radius 3 is 1.54 bits per heavy atom. The highest BCUT2D eigenvalue weighted by atomic mass is 16.5. The van der Waals surface area contributed by atoms with Gasteiger partial charge in [-0.05, 0) is 42.5 Å². The van der Waals surface area contributed by atoms with Crippen molar-refractivity contribution in [2.45, 2.75) is 44.7 Å². The normalized spacial score (nSPS) is 20.4. The fraction of sp³-hybridized carbons (Fsp3) is 0.419. The highest BCUT2D eigenvalue weighted by molar-refractivity contribution is 5.47. The van der Waals surface area contributed by atoms with E-state index in [9.17, 15) is 0 Å². The van der Waals surface area contributed by atoms with Crippen LogP contribution in [0.2, 0.25) is 0 Å². The van der Waals surface area contributed by atoms with E-state index in [0.717, 1.165) is 53.0 Å². The Kier molecular flexibility index (Phi) is 10.8. The van der Waals surface area contributed by atoms with Gasteiger partial charge in [-0.25, -0.2) is 0 Å². The number of methoxy groups -OCH3 is 2. The van der Waals surface area contributed by atoms with Gasteiger partial charge >= 0.3 is 0 Å². The van der Waals surface area contributed by atoms with E-state index in [1.807, 2.05) is 48.5 Å². The maximum absolute atomic E-state index is 6.28. The maximum Gasteiger partial charge on any atom is 0.130 e. The van der Waals surface area contributed by atoms with Crippen molar-refractivity contribution < 1.29 is 28.4 Å². The molecule has 2 atom stereocenters. The van der Waals surface area contributed by atoms with E-state index in [1.54, 1.807) is 14.2 Å². The minimum Gasteiger partial charge on any atom is -0.497 e. The van der Waals surface area contributed by atoms with E-state index >= 15 is 0 Å². The number of hydrogen-bond acceptors (Lipinski definition) is 6. The van der Waals surface area contributed by atoms with Crippen LogP contribution < -0.4 is 9.47 Å². The van der Waals surface area contributed by atoms with Gasteiger partial charge in [0, 0.05) is 24.3 Å². The second-order valence-corrected chi connectivity index (χ2v) is 9.11. The van der Waals surface area contributed by atoms with Gasteiger partial charge in [0.25, 0.3) is 0 Å². The summed E-state index contributed by atoms with van der Waals surface area (Å²) in [5.74, 6) is 1.48. The first-order chi connectivity index (χ1) is 18.3. The summed E-state index contributed by atoms with van der Waals surface area (Å²) >= 11 is 0. The Hall–Kier alpha value is -2.90. The molecule has 6 heteroatoms. The molecule has 0 aliphatic carbocycles. The first-order valence-electron chi connectivity index (χ1n) is 13.0. The molecule has 198 valence electrons. The number of rotatable bonds is 4. The molecule has 0 unspecified atom stereocenters. The van der Waals surface area contributed by atoms with Crippen LogP contribution in [0.4, 0.5) is 0 Å². The van der Waals surface area contributed by atoms with Gasteiger partial charge < -0.3 is 28.4 Å². The Morgan fingerprint density at radius 2 is 1.11 bits per heavy atom. The lowest BCUT2D eigenvalue weighted by atomic mass is 10.1. The first kappa shape index (κ1) is 27.1. The van der Waals surface area contributed by atoms with Crippen molar-refractivity contribution in [1.82, 2.24) is 0 Å². The zero-order valence-electron chi connectivity index (χ0n) is 21.9. The zero-order chi connectivity index (χ0) is 25.7. The van der Waals surface area contributed by atoms with Gasteiger partial charge in [0.1, 0.15) is 23.7 Å². The average Bonchev–Trinajstić information content (AvgIpc) is 2.95. The van der Waals surface area contributed by atoms with Gasteiger partial charge in [-0.15, -0.1) is 0 Å². The fourth-order valence-corrected chi connectivity index (χ4v) is 4.52. The molecule has 0 fully saturated rings. The summed E-state index contributed by atoms with van der Waals surface area (Å²) in [5, 5.41) is 0. The molecule has 4 rings (SSSR count). The fourth-order valence-electron chi connectivity index (χ4n) is 4.52. The molecular formula is C31H38O6. The summed E-state index contributed by atoms with van der Waals surface area (Å²) in [4.78, 5) is 0. The van der Waals surface area contributed by atoms with E-state index in [0.29, 0.717) is 39.6 Å². The molecule has 0 N–H and O–H groups in total. The molecule has 0 saturated carbocycles. The molecule has 37 heavy (non-hydrogen) atoms. The monoisotopic (exact) mass is 506 g/mol. The molecule has 3 aromatic rings. The van der Waals surface area contributed by atoms with E-state index < -0.39 is 0 Å². The van der Waals surface area contributed by atoms with Crippen LogP contribution in [0.3, 0.4) is 0 Å². The largest absolute Gasteiger partial charge is 0.497 e. The molecule has 1 aliphatic rings. The lowest BCUT2D eigenvalue weighted by molar-refractivity contribution is -0.0319. The minimum absolute atomic E-state index is 0.141. The second kappa shape index (κ2) is 14.7. The van der Waals surface area contributed by atoms with E-state index in [4.69, 9.17) is 28.4 Å². The molecule has 0 amide bonds.